The van der Waals surface area contributed by atoms with Crippen molar-refractivity contribution in [2.45, 2.75) is 32.7 Å². The first-order valence-electron chi connectivity index (χ1n) is 12.9. The first-order valence-corrected chi connectivity index (χ1v) is 13.8. The van der Waals surface area contributed by atoms with Gasteiger partial charge in [0.15, 0.2) is 0 Å². The third-order valence-electron chi connectivity index (χ3n) is 6.48. The fraction of sp³-hybridized carbons (Fsp3) is 0.194. The number of aliphatic carboxylic acids is 1. The zero-order chi connectivity index (χ0) is 27.9. The largest absolute Gasteiger partial charge is 0.493 e. The molecule has 0 saturated heterocycles. The maximum atomic E-state index is 13.1. The standard InChI is InChI=1S/C31H29N3O5S/c1-21-26(33-31(39-21)23-7-3-2-4-8-23)13-17-38-25-11-9-22(10-12-28(35)36)24(19-25)20-32-30(37)29-27(14-18-40-29)34-15-5-6-16-34/h2-9,11,14-16,18-19H,10,12-13,17,20H2,1H3,(H,32,37)(H,35,36). The molecule has 5 rings (SSSR count). The van der Waals surface area contributed by atoms with Crippen molar-refractivity contribution in [1.82, 2.24) is 14.9 Å². The molecule has 3 aromatic heterocycles. The van der Waals surface area contributed by atoms with Crippen molar-refractivity contribution in [3.63, 3.8) is 0 Å². The molecule has 0 fully saturated rings. The second-order valence-corrected chi connectivity index (χ2v) is 10.1. The first kappa shape index (κ1) is 27.0. The molecule has 0 aliphatic rings. The molecule has 0 aliphatic heterocycles. The highest BCUT2D eigenvalue weighted by molar-refractivity contribution is 7.12. The number of rotatable bonds is 12. The summed E-state index contributed by atoms with van der Waals surface area (Å²) in [5.74, 6) is 0.910. The van der Waals surface area contributed by atoms with Gasteiger partial charge < -0.3 is 24.1 Å². The van der Waals surface area contributed by atoms with E-state index in [-0.39, 0.29) is 18.9 Å². The van der Waals surface area contributed by atoms with E-state index < -0.39 is 5.97 Å². The fourth-order valence-electron chi connectivity index (χ4n) is 4.40. The van der Waals surface area contributed by atoms with E-state index >= 15 is 0 Å². The summed E-state index contributed by atoms with van der Waals surface area (Å²) in [5, 5.41) is 14.1. The van der Waals surface area contributed by atoms with Crippen LogP contribution in [0.3, 0.4) is 0 Å². The van der Waals surface area contributed by atoms with Gasteiger partial charge in [0.25, 0.3) is 5.91 Å². The monoisotopic (exact) mass is 555 g/mol. The number of carboxylic acid groups (broad SMARTS) is 1. The predicted octanol–water partition coefficient (Wildman–Crippen LogP) is 6.07. The number of nitrogens with zero attached hydrogens (tertiary/aromatic N) is 2. The van der Waals surface area contributed by atoms with Gasteiger partial charge in [-0.25, -0.2) is 4.98 Å². The second kappa shape index (κ2) is 12.5. The van der Waals surface area contributed by atoms with Crippen molar-refractivity contribution in [1.29, 1.82) is 0 Å². The van der Waals surface area contributed by atoms with Gasteiger partial charge in [-0.05, 0) is 72.3 Å². The number of aryl methyl sites for hydroxylation is 2. The molecule has 0 aliphatic carbocycles. The molecule has 204 valence electrons. The van der Waals surface area contributed by atoms with Crippen LogP contribution in [0.5, 0.6) is 5.75 Å². The predicted molar refractivity (Wildman–Crippen MR) is 153 cm³/mol. The van der Waals surface area contributed by atoms with Crippen LogP contribution in [0.25, 0.3) is 17.1 Å². The minimum absolute atomic E-state index is 0.000957. The highest BCUT2D eigenvalue weighted by Gasteiger charge is 2.16. The van der Waals surface area contributed by atoms with Crippen molar-refractivity contribution < 1.29 is 23.8 Å². The Kier molecular flexibility index (Phi) is 8.41. The molecule has 0 spiro atoms. The highest BCUT2D eigenvalue weighted by Crippen LogP contribution is 2.24. The molecule has 9 heteroatoms. The summed E-state index contributed by atoms with van der Waals surface area (Å²) in [5.41, 5.74) is 4.24. The van der Waals surface area contributed by atoms with Crippen LogP contribution >= 0.6 is 11.3 Å². The lowest BCUT2D eigenvalue weighted by Crippen LogP contribution is -2.23. The van der Waals surface area contributed by atoms with Crippen molar-refractivity contribution >= 4 is 23.2 Å². The molecule has 1 amide bonds. The second-order valence-electron chi connectivity index (χ2n) is 9.22. The summed E-state index contributed by atoms with van der Waals surface area (Å²) in [6.07, 6.45) is 4.71. The number of carboxylic acids is 1. The van der Waals surface area contributed by atoms with Gasteiger partial charge >= 0.3 is 5.97 Å². The number of hydrogen-bond donors (Lipinski definition) is 2. The normalized spacial score (nSPS) is 10.9. The van der Waals surface area contributed by atoms with Crippen LogP contribution in [0, 0.1) is 6.92 Å². The van der Waals surface area contributed by atoms with Gasteiger partial charge in [-0.1, -0.05) is 24.3 Å². The molecule has 0 radical (unpaired) electrons. The zero-order valence-electron chi connectivity index (χ0n) is 22.0. The Morgan fingerprint density at radius 2 is 1.82 bits per heavy atom. The van der Waals surface area contributed by atoms with Crippen molar-refractivity contribution in [2.75, 3.05) is 6.61 Å². The van der Waals surface area contributed by atoms with Gasteiger partial charge in [-0.15, -0.1) is 11.3 Å². The summed E-state index contributed by atoms with van der Waals surface area (Å²) >= 11 is 1.37. The number of benzene rings is 2. The van der Waals surface area contributed by atoms with Gasteiger partial charge in [0.1, 0.15) is 16.4 Å². The maximum absolute atomic E-state index is 13.1. The van der Waals surface area contributed by atoms with Gasteiger partial charge in [-0.3, -0.25) is 9.59 Å². The van der Waals surface area contributed by atoms with Gasteiger partial charge in [0.2, 0.25) is 5.89 Å². The number of amides is 1. The number of thiophene rings is 1. The van der Waals surface area contributed by atoms with E-state index in [1.807, 2.05) is 96.0 Å². The highest BCUT2D eigenvalue weighted by atomic mass is 32.1. The quantitative estimate of drug-likeness (QED) is 0.194. The SMILES string of the molecule is Cc1oc(-c2ccccc2)nc1CCOc1ccc(CCC(=O)O)c(CNC(=O)c2sccc2-n2cccc2)c1. The zero-order valence-corrected chi connectivity index (χ0v) is 22.8. The lowest BCUT2D eigenvalue weighted by molar-refractivity contribution is -0.136. The van der Waals surface area contributed by atoms with Crippen LogP contribution in [0.2, 0.25) is 0 Å². The third kappa shape index (κ3) is 6.50. The molecule has 0 saturated carbocycles. The van der Waals surface area contributed by atoms with Crippen molar-refractivity contribution in [2.24, 2.45) is 0 Å². The van der Waals surface area contributed by atoms with E-state index in [1.165, 1.54) is 11.3 Å². The fourth-order valence-corrected chi connectivity index (χ4v) is 5.20. The van der Waals surface area contributed by atoms with Crippen LogP contribution in [-0.4, -0.2) is 33.1 Å². The van der Waals surface area contributed by atoms with E-state index in [1.54, 1.807) is 0 Å². The van der Waals surface area contributed by atoms with Crippen LogP contribution in [0.4, 0.5) is 0 Å². The van der Waals surface area contributed by atoms with E-state index in [4.69, 9.17) is 9.15 Å². The molecule has 0 bridgehead atoms. The number of hydrogen-bond acceptors (Lipinski definition) is 6. The summed E-state index contributed by atoms with van der Waals surface area (Å²) in [6.45, 7) is 2.52. The Bertz CT molecular complexity index is 1590. The number of carbonyl (C=O) groups excluding carboxylic acids is 1. The molecule has 40 heavy (non-hydrogen) atoms. The van der Waals surface area contributed by atoms with E-state index in [0.717, 1.165) is 33.8 Å². The number of oxazole rings is 1. The van der Waals surface area contributed by atoms with Crippen LogP contribution in [0.1, 0.15) is 38.7 Å². The number of carbonyl (C=O) groups is 2. The molecule has 2 aromatic carbocycles. The maximum Gasteiger partial charge on any atom is 0.303 e. The third-order valence-corrected chi connectivity index (χ3v) is 7.38. The molecule has 2 N–H and O–H groups in total. The lowest BCUT2D eigenvalue weighted by Gasteiger charge is -2.14. The Balaban J connectivity index is 1.25. The van der Waals surface area contributed by atoms with E-state index in [9.17, 15) is 14.7 Å². The van der Waals surface area contributed by atoms with Crippen LogP contribution in [-0.2, 0) is 24.2 Å². The van der Waals surface area contributed by atoms with Crippen molar-refractivity contribution in [3.05, 3.63) is 112 Å². The van der Waals surface area contributed by atoms with E-state index in [2.05, 4.69) is 10.3 Å². The Labute approximate surface area is 235 Å². The minimum atomic E-state index is -0.872. The summed E-state index contributed by atoms with van der Waals surface area (Å²) < 4.78 is 13.8. The summed E-state index contributed by atoms with van der Waals surface area (Å²) in [4.78, 5) is 29.5. The topological polar surface area (TPSA) is 107 Å². The number of nitrogens with one attached hydrogen (secondary N) is 1. The molecular formula is C31H29N3O5S. The summed E-state index contributed by atoms with van der Waals surface area (Å²) in [6, 6.07) is 21.0. The van der Waals surface area contributed by atoms with Crippen molar-refractivity contribution in [3.8, 4) is 22.9 Å². The van der Waals surface area contributed by atoms with Crippen LogP contribution in [0.15, 0.2) is 88.9 Å². The average molecular weight is 556 g/mol. The number of aromatic nitrogens is 2. The van der Waals surface area contributed by atoms with Crippen LogP contribution < -0.4 is 10.1 Å². The van der Waals surface area contributed by atoms with Gasteiger partial charge in [-0.2, -0.15) is 0 Å². The number of ether oxygens (including phenoxy) is 1. The molecular weight excluding hydrogens is 526 g/mol. The van der Waals surface area contributed by atoms with Gasteiger partial charge in [0, 0.05) is 37.3 Å². The smallest absolute Gasteiger partial charge is 0.303 e. The molecule has 8 nitrogen and oxygen atoms in total. The van der Waals surface area contributed by atoms with Gasteiger partial charge in [0.05, 0.1) is 18.0 Å². The minimum Gasteiger partial charge on any atom is -0.493 e. The Hall–Kier alpha value is -4.63. The van der Waals surface area contributed by atoms with E-state index in [0.29, 0.717) is 36.0 Å². The Morgan fingerprint density at radius 3 is 2.60 bits per heavy atom. The average Bonchev–Trinajstić information content (AvgIpc) is 3.73. The molecule has 3 heterocycles. The Morgan fingerprint density at radius 1 is 1.02 bits per heavy atom. The molecule has 0 atom stereocenters. The molecule has 5 aromatic rings. The lowest BCUT2D eigenvalue weighted by atomic mass is 10.0. The molecule has 0 unspecified atom stereocenters. The summed E-state index contributed by atoms with van der Waals surface area (Å²) in [7, 11) is 0. The first-order chi connectivity index (χ1) is 19.5.